The molecule has 1 saturated heterocycles. The van der Waals surface area contributed by atoms with Crippen LogP contribution in [-0.4, -0.2) is 42.6 Å². The van der Waals surface area contributed by atoms with Crippen LogP contribution in [0.25, 0.3) is 0 Å². The lowest BCUT2D eigenvalue weighted by molar-refractivity contribution is -0.146. The number of rotatable bonds is 2. The number of nitrogens with zero attached hydrogens (tertiary/aromatic N) is 1. The molecule has 0 bridgehead atoms. The number of ether oxygens (including phenoxy) is 1. The molecule has 1 aliphatic carbocycles. The van der Waals surface area contributed by atoms with Crippen molar-refractivity contribution in [2.45, 2.75) is 37.9 Å². The smallest absolute Gasteiger partial charge is 0.311 e. The van der Waals surface area contributed by atoms with Gasteiger partial charge in [-0.15, -0.1) is 0 Å². The van der Waals surface area contributed by atoms with Crippen molar-refractivity contribution in [1.29, 1.82) is 0 Å². The lowest BCUT2D eigenvalue weighted by Crippen LogP contribution is -2.38. The fourth-order valence-electron chi connectivity index (χ4n) is 2.48. The zero-order valence-electron chi connectivity index (χ0n) is 8.77. The van der Waals surface area contributed by atoms with Crippen LogP contribution >= 0.6 is 0 Å². The first kappa shape index (κ1) is 9.93. The van der Waals surface area contributed by atoms with Gasteiger partial charge in [-0.05, 0) is 19.8 Å². The highest BCUT2D eigenvalue weighted by Gasteiger charge is 2.47. The first-order chi connectivity index (χ1) is 6.65. The van der Waals surface area contributed by atoms with Gasteiger partial charge >= 0.3 is 5.97 Å². The second-order valence-electron chi connectivity index (χ2n) is 4.38. The van der Waals surface area contributed by atoms with Gasteiger partial charge in [0.05, 0.1) is 13.0 Å². The summed E-state index contributed by atoms with van der Waals surface area (Å²) in [4.78, 5) is 13.8. The quantitative estimate of drug-likeness (QED) is 0.633. The van der Waals surface area contributed by atoms with Gasteiger partial charge in [-0.3, -0.25) is 9.69 Å². The summed E-state index contributed by atoms with van der Waals surface area (Å²) >= 11 is 0. The molecule has 1 saturated carbocycles. The molecule has 2 rings (SSSR count). The van der Waals surface area contributed by atoms with Crippen molar-refractivity contribution >= 4 is 5.97 Å². The Morgan fingerprint density at radius 2 is 2.14 bits per heavy atom. The van der Waals surface area contributed by atoms with Crippen LogP contribution in [0.2, 0.25) is 0 Å². The highest BCUT2D eigenvalue weighted by molar-refractivity contribution is 5.74. The zero-order valence-corrected chi connectivity index (χ0v) is 8.77. The van der Waals surface area contributed by atoms with Crippen molar-refractivity contribution in [3.05, 3.63) is 0 Å². The van der Waals surface area contributed by atoms with Gasteiger partial charge < -0.3 is 10.5 Å². The number of esters is 1. The fourth-order valence-corrected chi connectivity index (χ4v) is 2.48. The van der Waals surface area contributed by atoms with Crippen LogP contribution in [0.5, 0.6) is 0 Å². The minimum atomic E-state index is -0.159. The Labute approximate surface area is 84.4 Å². The molecule has 2 aliphatic rings. The third-order valence-electron chi connectivity index (χ3n) is 3.41. The summed E-state index contributed by atoms with van der Waals surface area (Å²) in [5.41, 5.74) is 5.96. The predicted molar refractivity (Wildman–Crippen MR) is 52.7 cm³/mol. The van der Waals surface area contributed by atoms with Gasteiger partial charge in [0.1, 0.15) is 0 Å². The Morgan fingerprint density at radius 1 is 1.50 bits per heavy atom. The highest BCUT2D eigenvalue weighted by Crippen LogP contribution is 2.35. The van der Waals surface area contributed by atoms with Crippen LogP contribution in [0.4, 0.5) is 0 Å². The van der Waals surface area contributed by atoms with Crippen molar-refractivity contribution in [1.82, 2.24) is 4.90 Å². The van der Waals surface area contributed by atoms with E-state index in [0.717, 1.165) is 6.54 Å². The monoisotopic (exact) mass is 198 g/mol. The van der Waals surface area contributed by atoms with Crippen molar-refractivity contribution < 1.29 is 9.53 Å². The molecule has 0 aromatic heterocycles. The minimum Gasteiger partial charge on any atom is -0.469 e. The standard InChI is InChI=1S/C10H18N2O2/c1-6-9(10(13)14-2)8(11)5-12(6)7-3-4-7/h6-9H,3-5,11H2,1-2H3. The molecule has 3 atom stereocenters. The molecule has 0 aromatic carbocycles. The van der Waals surface area contributed by atoms with Gasteiger partial charge in [0.25, 0.3) is 0 Å². The second kappa shape index (κ2) is 3.51. The van der Waals surface area contributed by atoms with Crippen molar-refractivity contribution in [3.8, 4) is 0 Å². The first-order valence-corrected chi connectivity index (χ1v) is 5.24. The number of hydrogen-bond donors (Lipinski definition) is 1. The van der Waals surface area contributed by atoms with Crippen molar-refractivity contribution in [3.63, 3.8) is 0 Å². The van der Waals surface area contributed by atoms with E-state index in [4.69, 9.17) is 10.5 Å². The summed E-state index contributed by atoms with van der Waals surface area (Å²) in [7, 11) is 1.43. The van der Waals surface area contributed by atoms with Gasteiger partial charge in [-0.25, -0.2) is 0 Å². The summed E-state index contributed by atoms with van der Waals surface area (Å²) in [5.74, 6) is -0.297. The Hall–Kier alpha value is -0.610. The maximum atomic E-state index is 11.5. The van der Waals surface area contributed by atoms with Crippen LogP contribution < -0.4 is 5.73 Å². The molecule has 1 heterocycles. The number of likely N-dealkylation sites (tertiary alicyclic amines) is 1. The Kier molecular flexibility index (Phi) is 2.49. The zero-order chi connectivity index (χ0) is 10.3. The lowest BCUT2D eigenvalue weighted by Gasteiger charge is -2.22. The van der Waals surface area contributed by atoms with E-state index in [1.165, 1.54) is 20.0 Å². The molecule has 3 unspecified atom stereocenters. The lowest BCUT2D eigenvalue weighted by atomic mass is 9.98. The molecule has 0 spiro atoms. The van der Waals surface area contributed by atoms with Gasteiger partial charge in [0.2, 0.25) is 0 Å². The molecule has 80 valence electrons. The fraction of sp³-hybridized carbons (Fsp3) is 0.900. The van der Waals surface area contributed by atoms with E-state index in [0.29, 0.717) is 6.04 Å². The van der Waals surface area contributed by atoms with Crippen LogP contribution in [0.3, 0.4) is 0 Å². The molecule has 14 heavy (non-hydrogen) atoms. The second-order valence-corrected chi connectivity index (χ2v) is 4.38. The molecule has 0 radical (unpaired) electrons. The predicted octanol–water partition coefficient (Wildman–Crippen LogP) is -0.0306. The number of hydrogen-bond acceptors (Lipinski definition) is 4. The van der Waals surface area contributed by atoms with Gasteiger partial charge in [-0.1, -0.05) is 0 Å². The number of methoxy groups -OCH3 is 1. The molecule has 2 fully saturated rings. The molecule has 1 aliphatic heterocycles. The van der Waals surface area contributed by atoms with E-state index in [2.05, 4.69) is 11.8 Å². The maximum absolute atomic E-state index is 11.5. The molecule has 0 amide bonds. The van der Waals surface area contributed by atoms with E-state index in [1.807, 2.05) is 0 Å². The average Bonchev–Trinajstić information content (AvgIpc) is 2.93. The summed E-state index contributed by atoms with van der Waals surface area (Å²) in [6.07, 6.45) is 2.51. The van der Waals surface area contributed by atoms with E-state index >= 15 is 0 Å². The molecular formula is C10H18N2O2. The van der Waals surface area contributed by atoms with Crippen LogP contribution in [0, 0.1) is 5.92 Å². The normalized spacial score (nSPS) is 38.6. The number of carbonyl (C=O) groups excluding carboxylic acids is 1. The third kappa shape index (κ3) is 1.53. The summed E-state index contributed by atoms with van der Waals surface area (Å²) < 4.78 is 4.78. The minimum absolute atomic E-state index is 0.0574. The van der Waals surface area contributed by atoms with Crippen LogP contribution in [0.15, 0.2) is 0 Å². The molecular weight excluding hydrogens is 180 g/mol. The SMILES string of the molecule is COC(=O)C1C(N)CN(C2CC2)C1C. The van der Waals surface area contributed by atoms with Gasteiger partial charge in [0, 0.05) is 24.7 Å². The van der Waals surface area contributed by atoms with Crippen LogP contribution in [-0.2, 0) is 9.53 Å². The first-order valence-electron chi connectivity index (χ1n) is 5.24. The number of carbonyl (C=O) groups is 1. The third-order valence-corrected chi connectivity index (χ3v) is 3.41. The summed E-state index contributed by atoms with van der Waals surface area (Å²) in [6, 6.07) is 0.855. The summed E-state index contributed by atoms with van der Waals surface area (Å²) in [5, 5.41) is 0. The van der Waals surface area contributed by atoms with Crippen molar-refractivity contribution in [2.24, 2.45) is 11.7 Å². The van der Waals surface area contributed by atoms with E-state index in [1.54, 1.807) is 0 Å². The van der Waals surface area contributed by atoms with Crippen molar-refractivity contribution in [2.75, 3.05) is 13.7 Å². The molecule has 4 nitrogen and oxygen atoms in total. The number of nitrogens with two attached hydrogens (primary N) is 1. The summed E-state index contributed by atoms with van der Waals surface area (Å²) in [6.45, 7) is 2.92. The molecule has 0 aromatic rings. The maximum Gasteiger partial charge on any atom is 0.311 e. The Bertz CT molecular complexity index is 240. The molecule has 4 heteroatoms. The average molecular weight is 198 g/mol. The van der Waals surface area contributed by atoms with Gasteiger partial charge in [0.15, 0.2) is 0 Å². The topological polar surface area (TPSA) is 55.6 Å². The van der Waals surface area contributed by atoms with Gasteiger partial charge in [-0.2, -0.15) is 0 Å². The highest BCUT2D eigenvalue weighted by atomic mass is 16.5. The largest absolute Gasteiger partial charge is 0.469 e. The van der Waals surface area contributed by atoms with E-state index in [-0.39, 0.29) is 24.0 Å². The Morgan fingerprint density at radius 3 is 2.64 bits per heavy atom. The molecule has 2 N–H and O–H groups in total. The van der Waals surface area contributed by atoms with E-state index < -0.39 is 0 Å². The van der Waals surface area contributed by atoms with E-state index in [9.17, 15) is 4.79 Å². The van der Waals surface area contributed by atoms with Crippen LogP contribution in [0.1, 0.15) is 19.8 Å². The Balaban J connectivity index is 2.06.